The van der Waals surface area contributed by atoms with Crippen LogP contribution in [-0.4, -0.2) is 72.1 Å². The molecule has 29 heavy (non-hydrogen) atoms. The Labute approximate surface area is 171 Å². The average molecular weight is 393 g/mol. The number of aromatic nitrogens is 1. The van der Waals surface area contributed by atoms with Crippen LogP contribution in [0.2, 0.25) is 0 Å². The lowest BCUT2D eigenvalue weighted by Gasteiger charge is -2.36. The van der Waals surface area contributed by atoms with E-state index in [-0.39, 0.29) is 0 Å². The number of pyridine rings is 1. The van der Waals surface area contributed by atoms with Crippen LogP contribution in [0.3, 0.4) is 0 Å². The van der Waals surface area contributed by atoms with Crippen molar-refractivity contribution in [3.63, 3.8) is 0 Å². The zero-order valence-electron chi connectivity index (χ0n) is 16.8. The molecule has 152 valence electrons. The first-order chi connectivity index (χ1) is 14.1. The highest BCUT2D eigenvalue weighted by Gasteiger charge is 2.31. The van der Waals surface area contributed by atoms with E-state index in [1.165, 1.54) is 0 Å². The van der Waals surface area contributed by atoms with E-state index in [1.54, 1.807) is 6.20 Å². The van der Waals surface area contributed by atoms with Gasteiger partial charge in [-0.05, 0) is 19.2 Å². The van der Waals surface area contributed by atoms with Crippen LogP contribution in [-0.2, 0) is 0 Å². The van der Waals surface area contributed by atoms with Gasteiger partial charge in [-0.3, -0.25) is 5.73 Å². The summed E-state index contributed by atoms with van der Waals surface area (Å²) in [5.74, 6) is 0.917. The monoisotopic (exact) mass is 392 g/mol. The molecule has 1 unspecified atom stereocenters. The highest BCUT2D eigenvalue weighted by Crippen LogP contribution is 2.16. The lowest BCUT2D eigenvalue weighted by atomic mass is 10.1. The Hall–Kier alpha value is -2.81. The van der Waals surface area contributed by atoms with E-state index in [4.69, 9.17) is 10.7 Å². The average Bonchev–Trinajstić information content (AvgIpc) is 2.74. The van der Waals surface area contributed by atoms with Gasteiger partial charge in [-0.15, -0.1) is 0 Å². The molecule has 0 bridgehead atoms. The SMILES string of the molecule is CN1CCN(CCC2(N)N=C(Nc3ccccn3)N=C(c3ccccc3)N2)CC1. The summed E-state index contributed by atoms with van der Waals surface area (Å²) in [6, 6.07) is 15.6. The number of nitrogens with one attached hydrogen (secondary N) is 2. The molecule has 1 atom stereocenters. The van der Waals surface area contributed by atoms with E-state index in [2.05, 4.69) is 37.5 Å². The van der Waals surface area contributed by atoms with Crippen LogP contribution in [0.25, 0.3) is 0 Å². The van der Waals surface area contributed by atoms with Gasteiger partial charge in [0.2, 0.25) is 5.96 Å². The van der Waals surface area contributed by atoms with Crippen molar-refractivity contribution in [1.82, 2.24) is 20.1 Å². The van der Waals surface area contributed by atoms with Gasteiger partial charge in [0.05, 0.1) is 0 Å². The normalized spacial score (nSPS) is 23.1. The molecule has 1 aromatic heterocycles. The number of amidine groups is 1. The van der Waals surface area contributed by atoms with Gasteiger partial charge in [-0.2, -0.15) is 4.99 Å². The Bertz CT molecular complexity index is 859. The van der Waals surface area contributed by atoms with Gasteiger partial charge in [0.25, 0.3) is 0 Å². The molecule has 2 aromatic rings. The van der Waals surface area contributed by atoms with E-state index in [0.29, 0.717) is 24.0 Å². The predicted molar refractivity (Wildman–Crippen MR) is 117 cm³/mol. The third-order valence-electron chi connectivity index (χ3n) is 5.22. The molecule has 0 radical (unpaired) electrons. The summed E-state index contributed by atoms with van der Waals surface area (Å²) < 4.78 is 0. The maximum absolute atomic E-state index is 6.70. The van der Waals surface area contributed by atoms with Crippen LogP contribution in [0.1, 0.15) is 12.0 Å². The molecule has 1 fully saturated rings. The van der Waals surface area contributed by atoms with Crippen LogP contribution in [0, 0.1) is 0 Å². The molecule has 0 amide bonds. The quantitative estimate of drug-likeness (QED) is 0.707. The molecule has 8 nitrogen and oxygen atoms in total. The Morgan fingerprint density at radius 1 is 1.07 bits per heavy atom. The number of nitrogens with two attached hydrogens (primary N) is 1. The molecule has 0 spiro atoms. The molecule has 2 aliphatic heterocycles. The van der Waals surface area contributed by atoms with Gasteiger partial charge in [0.1, 0.15) is 11.7 Å². The van der Waals surface area contributed by atoms with Crippen molar-refractivity contribution < 1.29 is 0 Å². The molecule has 4 N–H and O–H groups in total. The Morgan fingerprint density at radius 2 is 1.83 bits per heavy atom. The van der Waals surface area contributed by atoms with Crippen LogP contribution in [0.4, 0.5) is 5.82 Å². The summed E-state index contributed by atoms with van der Waals surface area (Å²) in [5, 5.41) is 6.54. The van der Waals surface area contributed by atoms with E-state index in [9.17, 15) is 0 Å². The number of hydrogen-bond acceptors (Lipinski definition) is 8. The van der Waals surface area contributed by atoms with Crippen molar-refractivity contribution >= 4 is 17.6 Å². The van der Waals surface area contributed by atoms with E-state index < -0.39 is 5.79 Å². The number of nitrogens with zero attached hydrogens (tertiary/aromatic N) is 5. The summed E-state index contributed by atoms with van der Waals surface area (Å²) >= 11 is 0. The maximum atomic E-state index is 6.70. The molecule has 0 aliphatic carbocycles. The smallest absolute Gasteiger partial charge is 0.229 e. The first kappa shape index (κ1) is 19.5. The Morgan fingerprint density at radius 3 is 2.55 bits per heavy atom. The summed E-state index contributed by atoms with van der Waals surface area (Å²) in [6.45, 7) is 5.14. The lowest BCUT2D eigenvalue weighted by molar-refractivity contribution is 0.142. The van der Waals surface area contributed by atoms with Crippen LogP contribution < -0.4 is 16.4 Å². The summed E-state index contributed by atoms with van der Waals surface area (Å²) in [6.07, 6.45) is 2.41. The highest BCUT2D eigenvalue weighted by atomic mass is 15.4. The highest BCUT2D eigenvalue weighted by molar-refractivity contribution is 6.10. The largest absolute Gasteiger partial charge is 0.333 e. The molecular weight excluding hydrogens is 364 g/mol. The number of aliphatic imine (C=N–C) groups is 2. The molecule has 4 rings (SSSR count). The van der Waals surface area contributed by atoms with Crippen molar-refractivity contribution in [3.05, 3.63) is 60.3 Å². The van der Waals surface area contributed by atoms with Crippen LogP contribution in [0.5, 0.6) is 0 Å². The number of anilines is 1. The number of hydrogen-bond donors (Lipinski definition) is 3. The fourth-order valence-electron chi connectivity index (χ4n) is 3.44. The van der Waals surface area contributed by atoms with E-state index >= 15 is 0 Å². The number of rotatable bonds is 5. The first-order valence-corrected chi connectivity index (χ1v) is 10.00. The Balaban J connectivity index is 1.53. The minimum Gasteiger partial charge on any atom is -0.333 e. The minimum absolute atomic E-state index is 0.460. The van der Waals surface area contributed by atoms with E-state index in [0.717, 1.165) is 38.3 Å². The third-order valence-corrected chi connectivity index (χ3v) is 5.22. The molecule has 1 aromatic carbocycles. The molecule has 0 saturated carbocycles. The van der Waals surface area contributed by atoms with Gasteiger partial charge in [0, 0.05) is 50.9 Å². The van der Waals surface area contributed by atoms with E-state index in [1.807, 2.05) is 48.5 Å². The van der Waals surface area contributed by atoms with Gasteiger partial charge >= 0.3 is 0 Å². The minimum atomic E-state index is -0.937. The fourth-order valence-corrected chi connectivity index (χ4v) is 3.44. The predicted octanol–water partition coefficient (Wildman–Crippen LogP) is 1.15. The number of likely N-dealkylation sites (N-methyl/N-ethyl adjacent to an activating group) is 1. The molecular formula is C21H28N8. The maximum Gasteiger partial charge on any atom is 0.229 e. The van der Waals surface area contributed by atoms with Crippen molar-refractivity contribution in [2.45, 2.75) is 12.2 Å². The number of piperazine rings is 1. The number of guanidine groups is 1. The van der Waals surface area contributed by atoms with Gasteiger partial charge in [-0.25, -0.2) is 9.98 Å². The van der Waals surface area contributed by atoms with Crippen LogP contribution in [0.15, 0.2) is 64.7 Å². The van der Waals surface area contributed by atoms with Crippen molar-refractivity contribution in [2.24, 2.45) is 15.7 Å². The second-order valence-corrected chi connectivity index (χ2v) is 7.55. The molecule has 2 aliphatic rings. The number of benzene rings is 1. The Kier molecular flexibility index (Phi) is 5.84. The van der Waals surface area contributed by atoms with Gasteiger partial charge < -0.3 is 20.4 Å². The second kappa shape index (κ2) is 8.69. The fraction of sp³-hybridized carbons (Fsp3) is 0.381. The second-order valence-electron chi connectivity index (χ2n) is 7.55. The van der Waals surface area contributed by atoms with Crippen molar-refractivity contribution in [2.75, 3.05) is 45.1 Å². The zero-order chi connectivity index (χ0) is 20.1. The molecule has 3 heterocycles. The zero-order valence-corrected chi connectivity index (χ0v) is 16.8. The van der Waals surface area contributed by atoms with Crippen LogP contribution >= 0.6 is 0 Å². The molecule has 8 heteroatoms. The summed E-state index contributed by atoms with van der Waals surface area (Å²) in [7, 11) is 2.16. The third kappa shape index (κ3) is 5.17. The molecule has 1 saturated heterocycles. The lowest BCUT2D eigenvalue weighted by Crippen LogP contribution is -2.59. The topological polar surface area (TPSA) is 94.2 Å². The summed E-state index contributed by atoms with van der Waals surface area (Å²) in [4.78, 5) is 18.4. The first-order valence-electron chi connectivity index (χ1n) is 10.00. The van der Waals surface area contributed by atoms with Crippen molar-refractivity contribution in [3.8, 4) is 0 Å². The van der Waals surface area contributed by atoms with Crippen molar-refractivity contribution in [1.29, 1.82) is 0 Å². The van der Waals surface area contributed by atoms with Gasteiger partial charge in [0.15, 0.2) is 5.79 Å². The van der Waals surface area contributed by atoms with Gasteiger partial charge in [-0.1, -0.05) is 36.4 Å². The summed E-state index contributed by atoms with van der Waals surface area (Å²) in [5.41, 5.74) is 7.67. The standard InChI is InChI=1S/C21H28N8/c1-28-13-15-29(16-14-28)12-10-21(22)26-19(17-7-3-2-4-8-17)25-20(27-21)24-18-9-5-6-11-23-18/h2-9,11H,10,12-16,22H2,1H3,(H2,23,24,25,26,27).